The number of hydrogen-bond acceptors (Lipinski definition) is 4. The van der Waals surface area contributed by atoms with Crippen molar-refractivity contribution in [2.24, 2.45) is 5.41 Å². The van der Waals surface area contributed by atoms with Crippen molar-refractivity contribution in [3.8, 4) is 0 Å². The Morgan fingerprint density at radius 1 is 1.11 bits per heavy atom. The molecule has 37 heavy (non-hydrogen) atoms. The van der Waals surface area contributed by atoms with Crippen molar-refractivity contribution in [3.63, 3.8) is 0 Å². The first-order chi connectivity index (χ1) is 17.2. The summed E-state index contributed by atoms with van der Waals surface area (Å²) in [6.07, 6.45) is 3.37. The molecule has 198 valence electrons. The molecule has 3 aromatic rings. The maximum absolute atomic E-state index is 15.8. The minimum absolute atomic E-state index is 0.162. The Morgan fingerprint density at radius 3 is 2.32 bits per heavy atom. The fourth-order valence-corrected chi connectivity index (χ4v) is 6.13. The van der Waals surface area contributed by atoms with E-state index in [4.69, 9.17) is 4.74 Å². The van der Waals surface area contributed by atoms with Crippen molar-refractivity contribution >= 4 is 49.0 Å². The number of hydrogen-bond donors (Lipinski definition) is 0. The molecule has 0 saturated carbocycles. The average Bonchev–Trinajstić information content (AvgIpc) is 3.17. The average molecular weight is 592 g/mol. The van der Waals surface area contributed by atoms with Gasteiger partial charge in [-0.3, -0.25) is 0 Å². The van der Waals surface area contributed by atoms with Gasteiger partial charge < -0.3 is 9.64 Å². The number of benzene rings is 2. The number of aromatic nitrogens is 1. The van der Waals surface area contributed by atoms with Crippen LogP contribution in [0.5, 0.6) is 0 Å². The summed E-state index contributed by atoms with van der Waals surface area (Å²) in [5.41, 5.74) is 0.518. The maximum Gasteiger partial charge on any atom is 0.410 e. The summed E-state index contributed by atoms with van der Waals surface area (Å²) in [7, 11) is -3.89. The van der Waals surface area contributed by atoms with Gasteiger partial charge >= 0.3 is 6.09 Å². The van der Waals surface area contributed by atoms with Gasteiger partial charge in [-0.2, -0.15) is 0 Å². The normalized spacial score (nSPS) is 16.7. The van der Waals surface area contributed by atoms with E-state index in [1.807, 2.05) is 34.6 Å². The highest BCUT2D eigenvalue weighted by molar-refractivity contribution is 9.10. The van der Waals surface area contributed by atoms with Crippen molar-refractivity contribution in [2.45, 2.75) is 58.0 Å². The molecule has 0 atom stereocenters. The van der Waals surface area contributed by atoms with Crippen LogP contribution in [0.1, 0.15) is 51.7 Å². The van der Waals surface area contributed by atoms with Crippen LogP contribution in [0.4, 0.5) is 9.18 Å². The molecule has 1 aliphatic heterocycles. The minimum atomic E-state index is -3.89. The third-order valence-corrected chi connectivity index (χ3v) is 8.90. The number of allylic oxidation sites excluding steroid dienone is 1. The number of aryl methyl sites for hydroxylation is 1. The van der Waals surface area contributed by atoms with Crippen LogP contribution in [0, 0.1) is 12.3 Å². The summed E-state index contributed by atoms with van der Waals surface area (Å²) in [6.45, 7) is 9.93. The van der Waals surface area contributed by atoms with Crippen molar-refractivity contribution in [3.05, 3.63) is 70.1 Å². The number of likely N-dealkylation sites (tertiary alicyclic amines) is 1. The van der Waals surface area contributed by atoms with Crippen molar-refractivity contribution in [1.82, 2.24) is 8.87 Å². The van der Waals surface area contributed by atoms with Crippen LogP contribution in [0.2, 0.25) is 0 Å². The van der Waals surface area contributed by atoms with Crippen LogP contribution in [-0.2, 0) is 14.8 Å². The van der Waals surface area contributed by atoms with E-state index in [2.05, 4.69) is 15.9 Å². The number of rotatable bonds is 4. The first kappa shape index (κ1) is 27.4. The van der Waals surface area contributed by atoms with Gasteiger partial charge in [-0.05, 0) is 76.9 Å². The molecule has 0 radical (unpaired) electrons. The van der Waals surface area contributed by atoms with Crippen LogP contribution in [0.25, 0.3) is 17.0 Å². The molecule has 0 aliphatic carbocycles. The Morgan fingerprint density at radius 2 is 1.73 bits per heavy atom. The second kappa shape index (κ2) is 9.91. The van der Waals surface area contributed by atoms with Crippen LogP contribution >= 0.6 is 15.9 Å². The van der Waals surface area contributed by atoms with Gasteiger partial charge in [-0.25, -0.2) is 21.6 Å². The van der Waals surface area contributed by atoms with Crippen LogP contribution in [0.15, 0.2) is 63.9 Å². The summed E-state index contributed by atoms with van der Waals surface area (Å²) in [5, 5.41) is 0.620. The number of nitrogens with zero attached hydrogens (tertiary/aromatic N) is 2. The summed E-state index contributed by atoms with van der Waals surface area (Å²) >= 11 is 3.45. The molecular weight excluding hydrogens is 559 g/mol. The topological polar surface area (TPSA) is 68.6 Å². The van der Waals surface area contributed by atoms with Crippen LogP contribution < -0.4 is 0 Å². The highest BCUT2D eigenvalue weighted by Gasteiger charge is 2.37. The Hall–Kier alpha value is -2.65. The van der Waals surface area contributed by atoms with E-state index in [9.17, 15) is 13.2 Å². The monoisotopic (exact) mass is 590 g/mol. The van der Waals surface area contributed by atoms with E-state index in [0.29, 0.717) is 42.4 Å². The van der Waals surface area contributed by atoms with Gasteiger partial charge in [-0.1, -0.05) is 40.5 Å². The van der Waals surface area contributed by atoms with E-state index in [0.717, 1.165) is 10.0 Å². The molecule has 2 heterocycles. The molecule has 0 spiro atoms. The first-order valence-corrected chi connectivity index (χ1v) is 14.4. The predicted molar refractivity (Wildman–Crippen MR) is 148 cm³/mol. The summed E-state index contributed by atoms with van der Waals surface area (Å²) in [5.74, 6) is -0.344. The molecular formula is C28H32BrFN2O4S. The first-order valence-electron chi connectivity index (χ1n) is 12.2. The molecule has 0 N–H and O–H groups in total. The fraction of sp³-hybridized carbons (Fsp3) is 0.393. The zero-order chi connectivity index (χ0) is 27.2. The largest absolute Gasteiger partial charge is 0.444 e. The number of halogens is 2. The zero-order valence-electron chi connectivity index (χ0n) is 21.7. The Labute approximate surface area is 226 Å². The van der Waals surface area contributed by atoms with Gasteiger partial charge in [0.05, 0.1) is 10.4 Å². The van der Waals surface area contributed by atoms with Crippen molar-refractivity contribution in [1.29, 1.82) is 0 Å². The molecule has 2 aromatic carbocycles. The third-order valence-electron chi connectivity index (χ3n) is 6.72. The van der Waals surface area contributed by atoms with Gasteiger partial charge in [0.1, 0.15) is 11.4 Å². The molecule has 0 bridgehead atoms. The number of carbonyl (C=O) groups excluding carboxylic acids is 1. The van der Waals surface area contributed by atoms with Gasteiger partial charge in [0.2, 0.25) is 0 Å². The number of fused-ring (bicyclic) bond motifs is 1. The van der Waals surface area contributed by atoms with Crippen molar-refractivity contribution < 1.29 is 22.3 Å². The van der Waals surface area contributed by atoms with E-state index >= 15 is 4.39 Å². The zero-order valence-corrected chi connectivity index (χ0v) is 24.1. The lowest BCUT2D eigenvalue weighted by atomic mass is 9.78. The van der Waals surface area contributed by atoms with E-state index in [-0.39, 0.29) is 10.7 Å². The summed E-state index contributed by atoms with van der Waals surface area (Å²) < 4.78 is 50.2. The van der Waals surface area contributed by atoms with Gasteiger partial charge in [0, 0.05) is 40.1 Å². The third kappa shape index (κ3) is 5.77. The summed E-state index contributed by atoms with van der Waals surface area (Å²) in [6, 6.07) is 11.9. The molecule has 1 amide bonds. The Balaban J connectivity index is 1.67. The van der Waals surface area contributed by atoms with E-state index < -0.39 is 27.1 Å². The maximum atomic E-state index is 15.8. The molecule has 1 fully saturated rings. The minimum Gasteiger partial charge on any atom is -0.444 e. The van der Waals surface area contributed by atoms with Crippen LogP contribution in [-0.4, -0.2) is 42.1 Å². The molecule has 9 heteroatoms. The Kier molecular flexibility index (Phi) is 7.33. The fourth-order valence-electron chi connectivity index (χ4n) is 4.39. The molecule has 1 aromatic heterocycles. The lowest BCUT2D eigenvalue weighted by Gasteiger charge is -2.38. The predicted octanol–water partition coefficient (Wildman–Crippen LogP) is 7.30. The molecule has 1 aliphatic rings. The standard InChI is InChI=1S/C28H32BrFN2O4S/c1-19-6-9-22(10-7-19)37(34,35)32-18-20(23-17-21(29)8-11-24(23)32)16-25(30)28(5)12-14-31(15-13-28)26(33)36-27(2,3)4/h6-11,16-18H,12-15H2,1-5H3/b25-16-. The smallest absolute Gasteiger partial charge is 0.410 e. The highest BCUT2D eigenvalue weighted by Crippen LogP contribution is 2.41. The second-order valence-corrected chi connectivity index (χ2v) is 13.6. The van der Waals surface area contributed by atoms with E-state index in [1.54, 1.807) is 47.4 Å². The lowest BCUT2D eigenvalue weighted by molar-refractivity contribution is 0.0133. The Bertz CT molecular complexity index is 1460. The summed E-state index contributed by atoms with van der Waals surface area (Å²) in [4.78, 5) is 14.2. The number of piperidine rings is 1. The molecule has 1 saturated heterocycles. The quantitative estimate of drug-likeness (QED) is 0.320. The van der Waals surface area contributed by atoms with Crippen molar-refractivity contribution in [2.75, 3.05) is 13.1 Å². The van der Waals surface area contributed by atoms with Gasteiger partial charge in [0.25, 0.3) is 10.0 Å². The number of ether oxygens (including phenoxy) is 1. The second-order valence-electron chi connectivity index (χ2n) is 10.9. The molecule has 6 nitrogen and oxygen atoms in total. The van der Waals surface area contributed by atoms with Gasteiger partial charge in [-0.15, -0.1) is 0 Å². The van der Waals surface area contributed by atoms with Gasteiger partial charge in [0.15, 0.2) is 0 Å². The molecule has 0 unspecified atom stereocenters. The SMILES string of the molecule is Cc1ccc(S(=O)(=O)n2cc(/C=C(\F)C3(C)CCN(C(=O)OC(C)(C)C)CC3)c3cc(Br)ccc32)cc1. The van der Waals surface area contributed by atoms with E-state index in [1.165, 1.54) is 16.2 Å². The number of amides is 1. The van der Waals surface area contributed by atoms with Crippen LogP contribution in [0.3, 0.4) is 0 Å². The number of carbonyl (C=O) groups is 1. The molecule has 4 rings (SSSR count). The highest BCUT2D eigenvalue weighted by atomic mass is 79.9. The lowest BCUT2D eigenvalue weighted by Crippen LogP contribution is -2.44.